The van der Waals surface area contributed by atoms with Crippen molar-refractivity contribution < 1.29 is 495 Å². The van der Waals surface area contributed by atoms with Gasteiger partial charge in [0.25, 0.3) is 0 Å². The molecule has 0 saturated carbocycles. The monoisotopic (exact) mass is 1420 g/mol. The molecule has 0 unspecified atom stereocenters. The van der Waals surface area contributed by atoms with E-state index < -0.39 is 0 Å². The molecule has 66 valence electrons. The molecule has 0 N–H and O–H groups in total. The first-order chi connectivity index (χ1) is 1.91. The molecular weight excluding hydrogens is 1420 g/mol. The fraction of sp³-hybridized carbons (Fsp3) is 1.00. The van der Waals surface area contributed by atoms with Crippen molar-refractivity contribution in [1.82, 2.24) is 0 Å². The van der Waals surface area contributed by atoms with Crippen LogP contribution < -0.4 is 0 Å². The molecule has 0 aromatic heterocycles. The van der Waals surface area contributed by atoms with Crippen LogP contribution in [-0.2, 0) is 495 Å². The van der Waals surface area contributed by atoms with Crippen LogP contribution in [-0.4, -0.2) is 20.2 Å². The van der Waals surface area contributed by atoms with Gasteiger partial charge in [0, 0.05) is 491 Å². The Kier molecular flexibility index (Phi) is 651. The summed E-state index contributed by atoms with van der Waals surface area (Å²) >= 11 is 0. The molecule has 0 atom stereocenters. The van der Waals surface area contributed by atoms with Gasteiger partial charge in [-0.3, -0.25) is 0 Å². The maximum atomic E-state index is 4.38. The normalized spacial score (nSPS) is 1.58. The Labute approximate surface area is 503 Å². The quantitative estimate of drug-likeness (QED) is 0.329. The van der Waals surface area contributed by atoms with Gasteiger partial charge in [0.15, 0.2) is 0 Å². The van der Waals surface area contributed by atoms with Crippen molar-refractivity contribution >= 4 is 20.2 Å². The van der Waals surface area contributed by atoms with E-state index in [0.29, 0.717) is 9.76 Å². The average Bonchev–Trinajstić information content (AvgIpc) is 1.37. The third-order valence-electron chi connectivity index (χ3n) is 0.102. The van der Waals surface area contributed by atoms with Crippen molar-refractivity contribution in [2.75, 3.05) is 0 Å². The van der Waals surface area contributed by atoms with Crippen molar-refractivity contribution in [2.45, 2.75) is 6.55 Å². The molecule has 1 nitrogen and oxygen atoms in total. The van der Waals surface area contributed by atoms with E-state index in [1.54, 1.807) is 0 Å². The summed E-state index contributed by atoms with van der Waals surface area (Å²) in [6, 6.07) is 0. The summed E-state index contributed by atoms with van der Waals surface area (Å²) in [5, 5.41) is 0. The minimum absolute atomic E-state index is 0. The second kappa shape index (κ2) is 112. The predicted molar refractivity (Wildman–Crippen MR) is 18.5 cm³/mol. The largest absolute Gasteiger partial charge is 0.458 e. The molecule has 20 radical (unpaired) electrons. The minimum atomic E-state index is 0. The van der Waals surface area contributed by atoms with E-state index in [4.69, 9.17) is 0 Å². The van der Waals surface area contributed by atoms with Gasteiger partial charge in [-0.05, 0) is 6.55 Å². The standard InChI is InChI=1S/CH3OSi2.15Y/c1-4-2-3;;;;;;;;;;;;;;;/h1H3;;;;;;;;;;;;;;;. The third kappa shape index (κ3) is 118. The summed E-state index contributed by atoms with van der Waals surface area (Å²) < 4.78 is 4.38. The van der Waals surface area contributed by atoms with E-state index in [2.05, 4.69) is 14.6 Å². The molecule has 0 aliphatic heterocycles. The van der Waals surface area contributed by atoms with Gasteiger partial charge in [-0.2, -0.15) is 0 Å². The summed E-state index contributed by atoms with van der Waals surface area (Å²) in [6.45, 7) is 1.94. The van der Waals surface area contributed by atoms with Crippen LogP contribution in [0.25, 0.3) is 0 Å². The molecule has 0 aliphatic rings. The van der Waals surface area contributed by atoms with Crippen molar-refractivity contribution in [3.05, 3.63) is 0 Å². The molecule has 0 rings (SSSR count). The zero-order valence-corrected chi connectivity index (χ0v) is 55.6. The van der Waals surface area contributed by atoms with E-state index >= 15 is 0 Å². The fourth-order valence-electron chi connectivity index (χ4n) is 0. The molecular formula is CH3OSi2Y15. The number of hydrogen-bond donors (Lipinski definition) is 0. The zero-order chi connectivity index (χ0) is 3.41. The number of hydrogen-bond acceptors (Lipinski definition) is 1. The van der Waals surface area contributed by atoms with Crippen LogP contribution >= 0.6 is 0 Å². The smallest absolute Gasteiger partial charge is 0.229 e. The van der Waals surface area contributed by atoms with Gasteiger partial charge in [-0.1, -0.05) is 0 Å². The van der Waals surface area contributed by atoms with Crippen LogP contribution in [0.4, 0.5) is 0 Å². The van der Waals surface area contributed by atoms with Crippen LogP contribution in [0.5, 0.6) is 0 Å². The molecule has 0 aromatic rings. The van der Waals surface area contributed by atoms with E-state index in [9.17, 15) is 0 Å². The van der Waals surface area contributed by atoms with Crippen molar-refractivity contribution in [2.24, 2.45) is 0 Å². The Hall–Kier alpha value is 17.0. The first-order valence-electron chi connectivity index (χ1n) is 0.908. The summed E-state index contributed by atoms with van der Waals surface area (Å²) in [5.74, 6) is 0. The first kappa shape index (κ1) is 110. The van der Waals surface area contributed by atoms with Crippen LogP contribution in [0.1, 0.15) is 0 Å². The minimum Gasteiger partial charge on any atom is -0.458 e. The summed E-state index contributed by atoms with van der Waals surface area (Å²) in [6.07, 6.45) is 0. The van der Waals surface area contributed by atoms with Gasteiger partial charge >= 0.3 is 0 Å². The molecule has 0 bridgehead atoms. The average molecular weight is 1420 g/mol. The Morgan fingerprint density at radius 2 is 0.526 bits per heavy atom. The van der Waals surface area contributed by atoms with Crippen molar-refractivity contribution in [3.63, 3.8) is 0 Å². The maximum Gasteiger partial charge on any atom is 0.229 e. The molecule has 0 aromatic carbocycles. The van der Waals surface area contributed by atoms with E-state index in [1.807, 2.05) is 6.55 Å². The Bertz CT molecular complexity index is 22.1. The first-order valence-corrected chi connectivity index (χ1v) is 2.72. The molecule has 0 amide bonds. The third-order valence-corrected chi connectivity index (χ3v) is 0.919. The summed E-state index contributed by atoms with van der Waals surface area (Å²) in [4.78, 5) is 0. The molecule has 19 heavy (non-hydrogen) atoms. The van der Waals surface area contributed by atoms with Crippen LogP contribution in [0.3, 0.4) is 0 Å². The van der Waals surface area contributed by atoms with E-state index in [1.165, 1.54) is 0 Å². The maximum absolute atomic E-state index is 4.38. The molecule has 0 fully saturated rings. The topological polar surface area (TPSA) is 9.23 Å². The van der Waals surface area contributed by atoms with Crippen LogP contribution in [0.2, 0.25) is 6.55 Å². The molecule has 0 saturated heterocycles. The Morgan fingerprint density at radius 3 is 0.526 bits per heavy atom. The Morgan fingerprint density at radius 1 is 0.474 bits per heavy atom. The number of rotatable bonds is 1. The van der Waals surface area contributed by atoms with E-state index in [0.717, 1.165) is 0 Å². The molecule has 0 spiro atoms. The summed E-state index contributed by atoms with van der Waals surface area (Å²) in [7, 11) is 3.35. The summed E-state index contributed by atoms with van der Waals surface area (Å²) in [5.41, 5.74) is 0. The van der Waals surface area contributed by atoms with Crippen molar-refractivity contribution in [3.8, 4) is 0 Å². The van der Waals surface area contributed by atoms with Gasteiger partial charge in [0.2, 0.25) is 20.2 Å². The molecule has 0 heterocycles. The SMILES string of the molecule is C[Si]O[Si].[Y].[Y].[Y].[Y].[Y].[Y].[Y].[Y].[Y].[Y].[Y].[Y].[Y].[Y].[Y]. The van der Waals surface area contributed by atoms with Gasteiger partial charge in [-0.15, -0.1) is 0 Å². The van der Waals surface area contributed by atoms with Gasteiger partial charge in [-0.25, -0.2) is 0 Å². The van der Waals surface area contributed by atoms with Crippen LogP contribution in [0.15, 0.2) is 0 Å². The zero-order valence-electron chi connectivity index (χ0n) is 11.1. The van der Waals surface area contributed by atoms with Gasteiger partial charge < -0.3 is 4.12 Å². The Balaban J connectivity index is -0.000000000429. The fourth-order valence-corrected chi connectivity index (χ4v) is 0. The molecule has 18 heteroatoms. The second-order valence-electron chi connectivity index (χ2n) is 0.306. The predicted octanol–water partition coefficient (Wildman–Crippen LogP) is -0.284. The second-order valence-corrected chi connectivity index (χ2v) is 1.53. The van der Waals surface area contributed by atoms with Gasteiger partial charge in [0.05, 0.1) is 0 Å². The van der Waals surface area contributed by atoms with Gasteiger partial charge in [0.1, 0.15) is 0 Å². The molecule has 0 aliphatic carbocycles. The van der Waals surface area contributed by atoms with E-state index in [-0.39, 0.29) is 491 Å². The van der Waals surface area contributed by atoms with Crippen LogP contribution in [0, 0.1) is 0 Å². The van der Waals surface area contributed by atoms with Crippen molar-refractivity contribution in [1.29, 1.82) is 0 Å².